The number of rotatable bonds is 5. The Hall–Kier alpha value is -0.860. The van der Waals surface area contributed by atoms with Gasteiger partial charge in [-0.15, -0.1) is 0 Å². The van der Waals surface area contributed by atoms with E-state index in [1.165, 1.54) is 31.2 Å². The van der Waals surface area contributed by atoms with Gasteiger partial charge in [0.15, 0.2) is 0 Å². The zero-order chi connectivity index (χ0) is 13.8. The van der Waals surface area contributed by atoms with Crippen LogP contribution in [0.1, 0.15) is 56.8 Å². The molecule has 0 aromatic heterocycles. The fourth-order valence-corrected chi connectivity index (χ4v) is 3.10. The van der Waals surface area contributed by atoms with Crippen molar-refractivity contribution >= 4 is 0 Å². The number of aliphatic hydroxyl groups excluding tert-OH is 1. The lowest BCUT2D eigenvalue weighted by atomic mass is 9.99. The molecule has 1 aliphatic carbocycles. The summed E-state index contributed by atoms with van der Waals surface area (Å²) in [5.41, 5.74) is 2.36. The second-order valence-corrected chi connectivity index (χ2v) is 5.88. The topological polar surface area (TPSA) is 23.5 Å². The Bertz CT molecular complexity index is 381. The first-order valence-corrected chi connectivity index (χ1v) is 7.62. The summed E-state index contributed by atoms with van der Waals surface area (Å²) in [7, 11) is 2.16. The van der Waals surface area contributed by atoms with Crippen molar-refractivity contribution in [1.82, 2.24) is 4.90 Å². The molecule has 0 bridgehead atoms. The molecule has 1 aromatic rings. The molecule has 106 valence electrons. The van der Waals surface area contributed by atoms with Crippen LogP contribution >= 0.6 is 0 Å². The molecule has 1 fully saturated rings. The lowest BCUT2D eigenvalue weighted by Gasteiger charge is -2.33. The van der Waals surface area contributed by atoms with Gasteiger partial charge in [0, 0.05) is 12.1 Å². The molecule has 0 heterocycles. The summed E-state index contributed by atoms with van der Waals surface area (Å²) in [4.78, 5) is 2.37. The van der Waals surface area contributed by atoms with Crippen molar-refractivity contribution in [1.29, 1.82) is 0 Å². The highest BCUT2D eigenvalue weighted by Gasteiger charge is 2.27. The van der Waals surface area contributed by atoms with Crippen LogP contribution in [0.5, 0.6) is 0 Å². The van der Waals surface area contributed by atoms with Crippen LogP contribution in [0.15, 0.2) is 24.3 Å². The van der Waals surface area contributed by atoms with E-state index in [1.54, 1.807) is 0 Å². The molecular formula is C17H27NO. The average Bonchev–Trinajstić information content (AvgIpc) is 2.99. The first kappa shape index (κ1) is 14.5. The normalized spacial score (nSPS) is 19.8. The maximum atomic E-state index is 10.5. The highest BCUT2D eigenvalue weighted by atomic mass is 16.3. The largest absolute Gasteiger partial charge is 0.387 e. The lowest BCUT2D eigenvalue weighted by Crippen LogP contribution is -2.40. The van der Waals surface area contributed by atoms with Gasteiger partial charge in [-0.1, -0.05) is 44.0 Å². The highest BCUT2D eigenvalue weighted by molar-refractivity contribution is 5.25. The molecule has 1 aliphatic rings. The van der Waals surface area contributed by atoms with E-state index in [2.05, 4.69) is 50.1 Å². The van der Waals surface area contributed by atoms with Gasteiger partial charge in [-0.2, -0.15) is 0 Å². The number of aliphatic hydroxyl groups is 1. The Morgan fingerprint density at radius 2 is 1.79 bits per heavy atom. The predicted octanol–water partition coefficient (Wildman–Crippen LogP) is 3.55. The quantitative estimate of drug-likeness (QED) is 0.876. The molecular weight excluding hydrogens is 234 g/mol. The van der Waals surface area contributed by atoms with Crippen molar-refractivity contribution in [3.05, 3.63) is 35.4 Å². The Labute approximate surface area is 117 Å². The number of nitrogens with zero attached hydrogens (tertiary/aromatic N) is 1. The number of benzene rings is 1. The van der Waals surface area contributed by atoms with Crippen LogP contribution < -0.4 is 0 Å². The van der Waals surface area contributed by atoms with E-state index in [0.717, 1.165) is 12.0 Å². The van der Waals surface area contributed by atoms with Gasteiger partial charge in [-0.3, -0.25) is 4.90 Å². The lowest BCUT2D eigenvalue weighted by molar-refractivity contribution is 0.0504. The van der Waals surface area contributed by atoms with Crippen molar-refractivity contribution in [3.8, 4) is 0 Å². The molecule has 2 rings (SSSR count). The summed E-state index contributed by atoms with van der Waals surface area (Å²) in [6.07, 6.45) is 5.89. The summed E-state index contributed by atoms with van der Waals surface area (Å²) in [5, 5.41) is 10.5. The molecule has 1 N–H and O–H groups in total. The molecule has 2 unspecified atom stereocenters. The SMILES string of the molecule is CCc1ccc(C(O)C(C)N(C)C2CCCC2)cc1. The maximum absolute atomic E-state index is 10.5. The molecule has 2 heteroatoms. The minimum atomic E-state index is -0.392. The van der Waals surface area contributed by atoms with Crippen LogP contribution in [0.3, 0.4) is 0 Å². The Balaban J connectivity index is 2.02. The van der Waals surface area contributed by atoms with Gasteiger partial charge in [-0.25, -0.2) is 0 Å². The van der Waals surface area contributed by atoms with Crippen molar-refractivity contribution in [2.45, 2.75) is 64.1 Å². The number of likely N-dealkylation sites (N-methyl/N-ethyl adjacent to an activating group) is 1. The summed E-state index contributed by atoms with van der Waals surface area (Å²) < 4.78 is 0. The highest BCUT2D eigenvalue weighted by Crippen LogP contribution is 2.28. The van der Waals surface area contributed by atoms with Crippen LogP contribution in [-0.2, 0) is 6.42 Å². The molecule has 1 saturated carbocycles. The molecule has 19 heavy (non-hydrogen) atoms. The fourth-order valence-electron chi connectivity index (χ4n) is 3.10. The number of aryl methyl sites for hydroxylation is 1. The van der Waals surface area contributed by atoms with Crippen LogP contribution in [-0.4, -0.2) is 29.1 Å². The second-order valence-electron chi connectivity index (χ2n) is 5.88. The van der Waals surface area contributed by atoms with Crippen LogP contribution in [0.4, 0.5) is 0 Å². The van der Waals surface area contributed by atoms with E-state index >= 15 is 0 Å². The van der Waals surface area contributed by atoms with Gasteiger partial charge in [0.25, 0.3) is 0 Å². The standard InChI is InChI=1S/C17H27NO/c1-4-14-9-11-15(12-10-14)17(19)13(2)18(3)16-7-5-6-8-16/h9-13,16-17,19H,4-8H2,1-3H3. The van der Waals surface area contributed by atoms with Gasteiger partial charge < -0.3 is 5.11 Å². The van der Waals surface area contributed by atoms with Crippen molar-refractivity contribution < 1.29 is 5.11 Å². The first-order chi connectivity index (χ1) is 9.13. The minimum absolute atomic E-state index is 0.176. The predicted molar refractivity (Wildman–Crippen MR) is 80.3 cm³/mol. The third-order valence-corrected chi connectivity index (χ3v) is 4.73. The van der Waals surface area contributed by atoms with Gasteiger partial charge in [0.2, 0.25) is 0 Å². The summed E-state index contributed by atoms with van der Waals surface area (Å²) in [6.45, 7) is 4.29. The molecule has 2 atom stereocenters. The van der Waals surface area contributed by atoms with Gasteiger partial charge in [0.1, 0.15) is 0 Å². The van der Waals surface area contributed by atoms with E-state index in [-0.39, 0.29) is 6.04 Å². The van der Waals surface area contributed by atoms with Gasteiger partial charge in [0.05, 0.1) is 6.10 Å². The van der Waals surface area contributed by atoms with E-state index in [9.17, 15) is 5.11 Å². The molecule has 2 nitrogen and oxygen atoms in total. The molecule has 0 saturated heterocycles. The van der Waals surface area contributed by atoms with Gasteiger partial charge >= 0.3 is 0 Å². The molecule has 0 amide bonds. The van der Waals surface area contributed by atoms with Crippen molar-refractivity contribution in [2.24, 2.45) is 0 Å². The number of hydrogen-bond acceptors (Lipinski definition) is 2. The first-order valence-electron chi connectivity index (χ1n) is 7.62. The molecule has 0 radical (unpaired) electrons. The third kappa shape index (κ3) is 3.37. The van der Waals surface area contributed by atoms with E-state index in [0.29, 0.717) is 6.04 Å². The Morgan fingerprint density at radius 3 is 2.32 bits per heavy atom. The number of hydrogen-bond donors (Lipinski definition) is 1. The zero-order valence-corrected chi connectivity index (χ0v) is 12.5. The van der Waals surface area contributed by atoms with Crippen molar-refractivity contribution in [3.63, 3.8) is 0 Å². The smallest absolute Gasteiger partial charge is 0.0942 e. The van der Waals surface area contributed by atoms with E-state index < -0.39 is 6.10 Å². The Kier molecular flexibility index (Phi) is 5.00. The average molecular weight is 261 g/mol. The monoisotopic (exact) mass is 261 g/mol. The van der Waals surface area contributed by atoms with Crippen LogP contribution in [0.2, 0.25) is 0 Å². The Morgan fingerprint density at radius 1 is 1.21 bits per heavy atom. The summed E-state index contributed by atoms with van der Waals surface area (Å²) in [6, 6.07) is 9.22. The maximum Gasteiger partial charge on any atom is 0.0942 e. The van der Waals surface area contributed by atoms with Gasteiger partial charge in [-0.05, 0) is 44.4 Å². The van der Waals surface area contributed by atoms with Crippen LogP contribution in [0.25, 0.3) is 0 Å². The minimum Gasteiger partial charge on any atom is -0.387 e. The van der Waals surface area contributed by atoms with Crippen molar-refractivity contribution in [2.75, 3.05) is 7.05 Å². The second kappa shape index (κ2) is 6.53. The zero-order valence-electron chi connectivity index (χ0n) is 12.5. The van der Waals surface area contributed by atoms with E-state index in [4.69, 9.17) is 0 Å². The molecule has 1 aromatic carbocycles. The summed E-state index contributed by atoms with van der Waals surface area (Å²) >= 11 is 0. The molecule has 0 spiro atoms. The summed E-state index contributed by atoms with van der Waals surface area (Å²) in [5.74, 6) is 0. The fraction of sp³-hybridized carbons (Fsp3) is 0.647. The van der Waals surface area contributed by atoms with Crippen LogP contribution in [0, 0.1) is 0 Å². The molecule has 0 aliphatic heterocycles. The van der Waals surface area contributed by atoms with E-state index in [1.807, 2.05) is 0 Å². The third-order valence-electron chi connectivity index (χ3n) is 4.73.